The minimum absolute atomic E-state index is 0.130. The third-order valence-electron chi connectivity index (χ3n) is 6.32. The number of sulfonamides is 1. The van der Waals surface area contributed by atoms with Gasteiger partial charge in [-0.05, 0) is 74.7 Å². The Balaban J connectivity index is 2.02. The highest BCUT2D eigenvalue weighted by molar-refractivity contribution is 7.92. The molecule has 38 heavy (non-hydrogen) atoms. The zero-order chi connectivity index (χ0) is 27.9. The van der Waals surface area contributed by atoms with E-state index in [1.165, 1.54) is 17.0 Å². The van der Waals surface area contributed by atoms with E-state index in [0.717, 1.165) is 39.5 Å². The largest absolute Gasteiger partial charge is 0.354 e. The highest BCUT2D eigenvalue weighted by Crippen LogP contribution is 2.25. The van der Waals surface area contributed by atoms with E-state index in [-0.39, 0.29) is 23.0 Å². The van der Waals surface area contributed by atoms with E-state index in [1.54, 1.807) is 31.2 Å². The third-order valence-corrected chi connectivity index (χ3v) is 8.11. The van der Waals surface area contributed by atoms with Gasteiger partial charge in [0.2, 0.25) is 11.8 Å². The van der Waals surface area contributed by atoms with Gasteiger partial charge in [-0.15, -0.1) is 0 Å². The molecule has 1 unspecified atom stereocenters. The number of nitrogens with one attached hydrogen (secondary N) is 1. The number of halogens is 1. The van der Waals surface area contributed by atoms with Gasteiger partial charge in [0.25, 0.3) is 10.0 Å². The summed E-state index contributed by atoms with van der Waals surface area (Å²) >= 11 is 0. The molecule has 0 aliphatic heterocycles. The second-order valence-corrected chi connectivity index (χ2v) is 11.1. The molecule has 0 fully saturated rings. The molecular formula is C29H34FN3O4S. The zero-order valence-corrected chi connectivity index (χ0v) is 23.0. The lowest BCUT2D eigenvalue weighted by Crippen LogP contribution is -2.51. The summed E-state index contributed by atoms with van der Waals surface area (Å²) in [5.41, 5.74) is 2.99. The molecule has 0 bridgehead atoms. The maximum Gasteiger partial charge on any atom is 0.264 e. The molecule has 0 heterocycles. The van der Waals surface area contributed by atoms with Crippen LogP contribution in [0.4, 0.5) is 10.1 Å². The van der Waals surface area contributed by atoms with Crippen LogP contribution >= 0.6 is 0 Å². The van der Waals surface area contributed by atoms with Gasteiger partial charge in [0.15, 0.2) is 0 Å². The first-order valence-corrected chi connectivity index (χ1v) is 13.9. The summed E-state index contributed by atoms with van der Waals surface area (Å²) < 4.78 is 41.9. The Labute approximate surface area is 224 Å². The maximum absolute atomic E-state index is 13.8. The fourth-order valence-electron chi connectivity index (χ4n) is 3.92. The molecule has 0 spiro atoms. The standard InChI is InChI=1S/C29H34FN3O4S/c1-5-18-31-29(35)23(4)32(19-24-9-7-6-8-22(24)3)28(34)20-33(26-14-10-21(2)11-15-26)38(36,37)27-16-12-25(30)13-17-27/h6-17,23H,5,18-20H2,1-4H3,(H,31,35). The van der Waals surface area contributed by atoms with Crippen molar-refractivity contribution in [2.24, 2.45) is 0 Å². The minimum Gasteiger partial charge on any atom is -0.354 e. The lowest BCUT2D eigenvalue weighted by atomic mass is 10.1. The summed E-state index contributed by atoms with van der Waals surface area (Å²) in [5.74, 6) is -1.44. The monoisotopic (exact) mass is 539 g/mol. The van der Waals surface area contributed by atoms with E-state index in [2.05, 4.69) is 5.32 Å². The molecule has 0 saturated carbocycles. The molecule has 1 atom stereocenters. The van der Waals surface area contributed by atoms with Gasteiger partial charge in [0.1, 0.15) is 18.4 Å². The van der Waals surface area contributed by atoms with Crippen molar-refractivity contribution in [3.63, 3.8) is 0 Å². The van der Waals surface area contributed by atoms with Crippen LogP contribution in [-0.2, 0) is 26.2 Å². The van der Waals surface area contributed by atoms with Crippen molar-refractivity contribution in [3.05, 3.63) is 95.3 Å². The van der Waals surface area contributed by atoms with Gasteiger partial charge in [-0.1, -0.05) is 48.9 Å². The lowest BCUT2D eigenvalue weighted by molar-refractivity contribution is -0.139. The van der Waals surface area contributed by atoms with Gasteiger partial charge in [0, 0.05) is 13.1 Å². The normalized spacial score (nSPS) is 12.0. The summed E-state index contributed by atoms with van der Waals surface area (Å²) in [4.78, 5) is 28.0. The molecule has 7 nitrogen and oxygen atoms in total. The average Bonchev–Trinajstić information content (AvgIpc) is 2.90. The van der Waals surface area contributed by atoms with E-state index >= 15 is 0 Å². The number of anilines is 1. The SMILES string of the molecule is CCCNC(=O)C(C)N(Cc1ccccc1C)C(=O)CN(c1ccc(C)cc1)S(=O)(=O)c1ccc(F)cc1. The molecule has 0 aliphatic carbocycles. The van der Waals surface area contributed by atoms with Gasteiger partial charge >= 0.3 is 0 Å². The van der Waals surface area contributed by atoms with Crippen molar-refractivity contribution < 1.29 is 22.4 Å². The van der Waals surface area contributed by atoms with Gasteiger partial charge in [-0.25, -0.2) is 12.8 Å². The Morgan fingerprint density at radius 2 is 1.58 bits per heavy atom. The van der Waals surface area contributed by atoms with Gasteiger partial charge in [0.05, 0.1) is 10.6 Å². The molecule has 0 radical (unpaired) electrons. The number of nitrogens with zero attached hydrogens (tertiary/aromatic N) is 2. The first-order valence-electron chi connectivity index (χ1n) is 12.5. The molecule has 3 rings (SSSR count). The van der Waals surface area contributed by atoms with Crippen molar-refractivity contribution in [3.8, 4) is 0 Å². The molecule has 9 heteroatoms. The molecule has 3 aromatic carbocycles. The van der Waals surface area contributed by atoms with Crippen LogP contribution in [0.1, 0.15) is 37.0 Å². The predicted molar refractivity (Wildman–Crippen MR) is 147 cm³/mol. The summed E-state index contributed by atoms with van der Waals surface area (Å²) in [5, 5.41) is 2.82. The van der Waals surface area contributed by atoms with Crippen LogP contribution in [0, 0.1) is 19.7 Å². The average molecular weight is 540 g/mol. The van der Waals surface area contributed by atoms with Crippen molar-refractivity contribution >= 4 is 27.5 Å². The van der Waals surface area contributed by atoms with Crippen LogP contribution in [0.2, 0.25) is 0 Å². The van der Waals surface area contributed by atoms with Crippen LogP contribution in [0.3, 0.4) is 0 Å². The van der Waals surface area contributed by atoms with E-state index in [9.17, 15) is 22.4 Å². The number of carbonyl (C=O) groups excluding carboxylic acids is 2. The minimum atomic E-state index is -4.23. The van der Waals surface area contributed by atoms with Crippen molar-refractivity contribution in [2.75, 3.05) is 17.4 Å². The maximum atomic E-state index is 13.8. The Bertz CT molecular complexity index is 1360. The van der Waals surface area contributed by atoms with Gasteiger partial charge < -0.3 is 10.2 Å². The van der Waals surface area contributed by atoms with Crippen molar-refractivity contribution in [2.45, 2.75) is 51.6 Å². The Kier molecular flexibility index (Phi) is 9.63. The number of rotatable bonds is 11. The molecule has 1 N–H and O–H groups in total. The topological polar surface area (TPSA) is 86.8 Å². The molecule has 0 aromatic heterocycles. The van der Waals surface area contributed by atoms with Crippen LogP contribution in [0.25, 0.3) is 0 Å². The molecule has 0 aliphatic rings. The van der Waals surface area contributed by atoms with Crippen LogP contribution in [0.15, 0.2) is 77.7 Å². The molecule has 2 amide bonds. The molecule has 3 aromatic rings. The molecule has 0 saturated heterocycles. The summed E-state index contributed by atoms with van der Waals surface area (Å²) in [6.07, 6.45) is 0.737. The Hall–Kier alpha value is -3.72. The van der Waals surface area contributed by atoms with E-state index in [0.29, 0.717) is 6.54 Å². The number of hydrogen-bond acceptors (Lipinski definition) is 4. The fraction of sp³-hybridized carbons (Fsp3) is 0.310. The highest BCUT2D eigenvalue weighted by atomic mass is 32.2. The number of benzene rings is 3. The Morgan fingerprint density at radius 1 is 0.947 bits per heavy atom. The Morgan fingerprint density at radius 3 is 2.18 bits per heavy atom. The van der Waals surface area contributed by atoms with Crippen LogP contribution in [-0.4, -0.2) is 44.3 Å². The van der Waals surface area contributed by atoms with Gasteiger partial charge in [-0.3, -0.25) is 13.9 Å². The van der Waals surface area contributed by atoms with E-state index in [1.807, 2.05) is 45.0 Å². The fourth-order valence-corrected chi connectivity index (χ4v) is 5.34. The second-order valence-electron chi connectivity index (χ2n) is 9.22. The van der Waals surface area contributed by atoms with Crippen molar-refractivity contribution in [1.29, 1.82) is 0 Å². The molecule has 202 valence electrons. The van der Waals surface area contributed by atoms with Gasteiger partial charge in [-0.2, -0.15) is 0 Å². The summed E-state index contributed by atoms with van der Waals surface area (Å²) in [6.45, 7) is 7.40. The number of carbonyl (C=O) groups is 2. The predicted octanol–water partition coefficient (Wildman–Crippen LogP) is 4.58. The van der Waals surface area contributed by atoms with Crippen LogP contribution in [0.5, 0.6) is 0 Å². The zero-order valence-electron chi connectivity index (χ0n) is 22.1. The smallest absolute Gasteiger partial charge is 0.264 e. The second kappa shape index (κ2) is 12.7. The summed E-state index contributed by atoms with van der Waals surface area (Å²) in [6, 6.07) is 17.9. The number of aryl methyl sites for hydroxylation is 2. The molecular weight excluding hydrogens is 505 g/mol. The first-order chi connectivity index (χ1) is 18.0. The number of amides is 2. The van der Waals surface area contributed by atoms with E-state index in [4.69, 9.17) is 0 Å². The first kappa shape index (κ1) is 28.8. The highest BCUT2D eigenvalue weighted by Gasteiger charge is 2.32. The van der Waals surface area contributed by atoms with E-state index < -0.39 is 34.3 Å². The quantitative estimate of drug-likeness (QED) is 0.387. The third kappa shape index (κ3) is 6.98. The summed E-state index contributed by atoms with van der Waals surface area (Å²) in [7, 11) is -4.23. The van der Waals surface area contributed by atoms with Crippen molar-refractivity contribution in [1.82, 2.24) is 10.2 Å². The number of hydrogen-bond donors (Lipinski definition) is 1. The van der Waals surface area contributed by atoms with Crippen LogP contribution < -0.4 is 9.62 Å². The lowest BCUT2D eigenvalue weighted by Gasteiger charge is -2.32.